The number of carboxylic acids is 1. The molecule has 0 unspecified atom stereocenters. The molecule has 0 aliphatic carbocycles. The predicted molar refractivity (Wildman–Crippen MR) is 142 cm³/mol. The number of fused-ring (bicyclic) bond motifs is 1. The number of methoxy groups -OCH3 is 1. The number of hydrogen-bond donors (Lipinski definition) is 1. The zero-order chi connectivity index (χ0) is 24.8. The second kappa shape index (κ2) is 12.4. The number of thiophene rings is 1. The van der Waals surface area contributed by atoms with Crippen molar-refractivity contribution in [2.75, 3.05) is 32.5 Å². The molecule has 9 heteroatoms. The molecule has 1 N–H and O–H groups in total. The van der Waals surface area contributed by atoms with Crippen LogP contribution >= 0.6 is 34.7 Å². The molecule has 3 atom stereocenters. The van der Waals surface area contributed by atoms with Crippen molar-refractivity contribution in [1.29, 1.82) is 0 Å². The Hall–Kier alpha value is -1.87. The Morgan fingerprint density at radius 3 is 2.97 bits per heavy atom. The third-order valence-corrected chi connectivity index (χ3v) is 9.22. The highest BCUT2D eigenvalue weighted by atomic mass is 35.5. The molecule has 3 aromatic rings. The maximum atomic E-state index is 15.4. The van der Waals surface area contributed by atoms with Gasteiger partial charge in [-0.2, -0.15) is 0 Å². The molecular formula is C26H30ClFN2O3S2. The molecule has 4 rings (SSSR count). The van der Waals surface area contributed by atoms with Gasteiger partial charge in [0, 0.05) is 23.9 Å². The van der Waals surface area contributed by atoms with Gasteiger partial charge >= 0.3 is 5.97 Å². The first-order valence-corrected chi connectivity index (χ1v) is 14.0. The lowest BCUT2D eigenvalue weighted by molar-refractivity contribution is -0.146. The van der Waals surface area contributed by atoms with Gasteiger partial charge in [-0.15, -0.1) is 23.1 Å². The molecule has 1 aromatic carbocycles. The van der Waals surface area contributed by atoms with E-state index in [2.05, 4.69) is 9.88 Å². The minimum atomic E-state index is -1.18. The van der Waals surface area contributed by atoms with Crippen molar-refractivity contribution in [2.45, 2.75) is 36.1 Å². The molecule has 0 bridgehead atoms. The van der Waals surface area contributed by atoms with Crippen LogP contribution in [0.4, 0.5) is 4.39 Å². The molecule has 2 aromatic heterocycles. The number of nitrogens with zero attached hydrogens (tertiary/aromatic N) is 2. The summed E-state index contributed by atoms with van der Waals surface area (Å²) in [5.41, 5.74) is 1.31. The number of carboxylic acid groups (broad SMARTS) is 1. The Bertz CT molecular complexity index is 1140. The summed E-state index contributed by atoms with van der Waals surface area (Å²) < 4.78 is 22.7. The minimum Gasteiger partial charge on any atom is -0.497 e. The van der Waals surface area contributed by atoms with Gasteiger partial charge in [0.2, 0.25) is 0 Å². The first-order chi connectivity index (χ1) is 16.9. The number of halogens is 2. The summed E-state index contributed by atoms with van der Waals surface area (Å²) in [5, 5.41) is 10.6. The van der Waals surface area contributed by atoms with E-state index in [9.17, 15) is 9.90 Å². The minimum absolute atomic E-state index is 0.0210. The van der Waals surface area contributed by atoms with Gasteiger partial charge in [-0.1, -0.05) is 11.6 Å². The smallest absolute Gasteiger partial charge is 0.308 e. The fourth-order valence-electron chi connectivity index (χ4n) is 4.80. The standard InChI is InChI=1S/C26H30ClFN2O3S2/c1-33-18-4-6-23-20(15-18)19(9-11-29-23)22(28)5-3-17-10-13-30(16-21(17)26(31)32)12-2-14-34-25-8-7-24(27)35-25/h4,6-9,11,15,17,21-22H,2-3,5,10,12-14,16H2,1H3,(H,31,32)/t17-,21+,22+/m1/s1. The molecule has 0 saturated carbocycles. The number of aliphatic carboxylic acids is 1. The molecule has 0 amide bonds. The van der Waals surface area contributed by atoms with Crippen LogP contribution in [0.1, 0.15) is 37.4 Å². The molecule has 1 aliphatic heterocycles. The molecule has 0 spiro atoms. The van der Waals surface area contributed by atoms with Gasteiger partial charge in [-0.25, -0.2) is 4.39 Å². The van der Waals surface area contributed by atoms with Crippen LogP contribution in [0.2, 0.25) is 4.34 Å². The lowest BCUT2D eigenvalue weighted by Gasteiger charge is -2.36. The van der Waals surface area contributed by atoms with E-state index in [0.29, 0.717) is 30.7 Å². The van der Waals surface area contributed by atoms with Crippen molar-refractivity contribution >= 4 is 51.6 Å². The number of carbonyl (C=O) groups is 1. The van der Waals surface area contributed by atoms with Crippen LogP contribution in [-0.2, 0) is 4.79 Å². The summed E-state index contributed by atoms with van der Waals surface area (Å²) >= 11 is 9.35. The number of thioether (sulfide) groups is 1. The van der Waals surface area contributed by atoms with Crippen LogP contribution in [0.3, 0.4) is 0 Å². The number of benzene rings is 1. The number of aromatic nitrogens is 1. The number of hydrogen-bond acceptors (Lipinski definition) is 6. The van der Waals surface area contributed by atoms with Crippen molar-refractivity contribution in [3.8, 4) is 5.75 Å². The van der Waals surface area contributed by atoms with E-state index in [-0.39, 0.29) is 5.92 Å². The highest BCUT2D eigenvalue weighted by Gasteiger charge is 2.34. The summed E-state index contributed by atoms with van der Waals surface area (Å²) in [6.45, 7) is 2.26. The molecule has 3 heterocycles. The zero-order valence-corrected chi connectivity index (χ0v) is 22.0. The van der Waals surface area contributed by atoms with E-state index in [1.165, 1.54) is 4.21 Å². The highest BCUT2D eigenvalue weighted by Crippen LogP contribution is 2.36. The summed E-state index contributed by atoms with van der Waals surface area (Å²) in [6.07, 6.45) is 3.06. The normalized spacial score (nSPS) is 19.6. The summed E-state index contributed by atoms with van der Waals surface area (Å²) in [6, 6.07) is 11.1. The Morgan fingerprint density at radius 1 is 1.37 bits per heavy atom. The third kappa shape index (κ3) is 6.88. The average molecular weight is 537 g/mol. The van der Waals surface area contributed by atoms with Gasteiger partial charge in [-0.05, 0) is 86.7 Å². The van der Waals surface area contributed by atoms with Gasteiger partial charge in [0.1, 0.15) is 11.9 Å². The Labute approximate surface area is 218 Å². The Kier molecular flexibility index (Phi) is 9.27. The molecular weight excluding hydrogens is 507 g/mol. The summed E-state index contributed by atoms with van der Waals surface area (Å²) in [4.78, 5) is 18.6. The first kappa shape index (κ1) is 26.2. The quantitative estimate of drug-likeness (QED) is 0.211. The van der Waals surface area contributed by atoms with Crippen LogP contribution in [0.15, 0.2) is 46.8 Å². The largest absolute Gasteiger partial charge is 0.497 e. The third-order valence-electron chi connectivity index (χ3n) is 6.68. The second-order valence-electron chi connectivity index (χ2n) is 8.88. The van der Waals surface area contributed by atoms with E-state index in [1.807, 2.05) is 30.3 Å². The summed E-state index contributed by atoms with van der Waals surface area (Å²) in [7, 11) is 1.58. The molecule has 35 heavy (non-hydrogen) atoms. The van der Waals surface area contributed by atoms with Crippen molar-refractivity contribution in [2.24, 2.45) is 11.8 Å². The lowest BCUT2D eigenvalue weighted by atomic mass is 9.81. The molecule has 0 radical (unpaired) electrons. The van der Waals surface area contributed by atoms with Crippen molar-refractivity contribution in [3.05, 3.63) is 52.5 Å². The van der Waals surface area contributed by atoms with Gasteiger partial charge in [0.25, 0.3) is 0 Å². The van der Waals surface area contributed by atoms with Gasteiger partial charge in [-0.3, -0.25) is 9.78 Å². The van der Waals surface area contributed by atoms with Crippen molar-refractivity contribution < 1.29 is 19.0 Å². The van der Waals surface area contributed by atoms with Crippen LogP contribution in [0.5, 0.6) is 5.75 Å². The van der Waals surface area contributed by atoms with Gasteiger partial charge in [0.15, 0.2) is 0 Å². The van der Waals surface area contributed by atoms with E-state index >= 15 is 4.39 Å². The van der Waals surface area contributed by atoms with Gasteiger partial charge < -0.3 is 14.7 Å². The van der Waals surface area contributed by atoms with Crippen LogP contribution < -0.4 is 4.74 Å². The zero-order valence-electron chi connectivity index (χ0n) is 19.7. The van der Waals surface area contributed by atoms with Crippen LogP contribution in [0.25, 0.3) is 10.9 Å². The Balaban J connectivity index is 1.30. The Morgan fingerprint density at radius 2 is 2.23 bits per heavy atom. The van der Waals surface area contributed by atoms with Crippen LogP contribution in [-0.4, -0.2) is 53.5 Å². The van der Waals surface area contributed by atoms with Crippen molar-refractivity contribution in [3.63, 3.8) is 0 Å². The number of ether oxygens (including phenoxy) is 1. The maximum Gasteiger partial charge on any atom is 0.308 e. The van der Waals surface area contributed by atoms with Crippen LogP contribution in [0, 0.1) is 11.8 Å². The topological polar surface area (TPSA) is 62.7 Å². The average Bonchev–Trinajstić information content (AvgIpc) is 3.29. The number of rotatable bonds is 11. The summed E-state index contributed by atoms with van der Waals surface area (Å²) in [5.74, 6) is 0.371. The second-order valence-corrected chi connectivity index (χ2v) is 12.0. The molecule has 1 aliphatic rings. The maximum absolute atomic E-state index is 15.4. The molecule has 1 fully saturated rings. The fourth-order valence-corrected chi connectivity index (χ4v) is 7.10. The van der Waals surface area contributed by atoms with E-state index in [1.54, 1.807) is 42.5 Å². The number of pyridine rings is 1. The fraction of sp³-hybridized carbons (Fsp3) is 0.462. The predicted octanol–water partition coefficient (Wildman–Crippen LogP) is 6.95. The van der Waals surface area contributed by atoms with E-state index in [4.69, 9.17) is 16.3 Å². The monoisotopic (exact) mass is 536 g/mol. The number of piperidine rings is 1. The van der Waals surface area contributed by atoms with E-state index < -0.39 is 18.1 Å². The number of likely N-dealkylation sites (tertiary alicyclic amines) is 1. The highest BCUT2D eigenvalue weighted by molar-refractivity contribution is 8.01. The first-order valence-electron chi connectivity index (χ1n) is 11.8. The molecule has 1 saturated heterocycles. The molecule has 188 valence electrons. The molecule has 5 nitrogen and oxygen atoms in total. The SMILES string of the molecule is COc1ccc2nccc([C@@H](F)CC[C@@H]3CCN(CCCSc4ccc(Cl)s4)C[C@@H]3C(=O)O)c2c1. The van der Waals surface area contributed by atoms with Gasteiger partial charge in [0.05, 0.1) is 27.1 Å². The lowest BCUT2D eigenvalue weighted by Crippen LogP contribution is -2.44. The number of alkyl halides is 1. The van der Waals surface area contributed by atoms with Crippen molar-refractivity contribution in [1.82, 2.24) is 9.88 Å². The van der Waals surface area contributed by atoms with E-state index in [0.717, 1.165) is 46.9 Å².